The van der Waals surface area contributed by atoms with Crippen LogP contribution >= 0.6 is 0 Å². The van der Waals surface area contributed by atoms with Crippen LogP contribution in [0, 0.1) is 10.1 Å². The first-order valence-electron chi connectivity index (χ1n) is 9.22. The molecule has 1 aliphatic rings. The van der Waals surface area contributed by atoms with Gasteiger partial charge in [0.1, 0.15) is 5.69 Å². The van der Waals surface area contributed by atoms with Crippen molar-refractivity contribution in [2.75, 3.05) is 28.6 Å². The molecule has 0 atom stereocenters. The second kappa shape index (κ2) is 8.51. The summed E-state index contributed by atoms with van der Waals surface area (Å²) in [4.78, 5) is 37.1. The maximum Gasteiger partial charge on any atom is 0.293 e. The van der Waals surface area contributed by atoms with Crippen LogP contribution in [-0.2, 0) is 4.79 Å². The largest absolute Gasteiger partial charge is 0.366 e. The van der Waals surface area contributed by atoms with Crippen LogP contribution in [0.2, 0.25) is 0 Å². The molecule has 1 fully saturated rings. The number of nitro benzene ring substituents is 1. The predicted molar refractivity (Wildman–Crippen MR) is 108 cm³/mol. The fraction of sp³-hybridized carbons (Fsp3) is 0.300. The Morgan fingerprint density at radius 2 is 1.75 bits per heavy atom. The predicted octanol–water partition coefficient (Wildman–Crippen LogP) is 3.80. The number of rotatable bonds is 6. The summed E-state index contributed by atoms with van der Waals surface area (Å²) in [6.45, 7) is 3.31. The van der Waals surface area contributed by atoms with Crippen LogP contribution in [0.25, 0.3) is 0 Å². The van der Waals surface area contributed by atoms with Gasteiger partial charge in [-0.25, -0.2) is 0 Å². The fourth-order valence-corrected chi connectivity index (χ4v) is 3.16. The zero-order valence-electron chi connectivity index (χ0n) is 15.6. The molecule has 0 radical (unpaired) electrons. The molecule has 28 heavy (non-hydrogen) atoms. The van der Waals surface area contributed by atoms with Crippen molar-refractivity contribution in [3.8, 4) is 0 Å². The second-order valence-corrected chi connectivity index (χ2v) is 6.59. The number of nitro groups is 1. The van der Waals surface area contributed by atoms with Gasteiger partial charge in [0.2, 0.25) is 5.91 Å². The van der Waals surface area contributed by atoms with Crippen LogP contribution in [0.4, 0.5) is 22.7 Å². The van der Waals surface area contributed by atoms with E-state index in [1.54, 1.807) is 43.3 Å². The van der Waals surface area contributed by atoms with Crippen molar-refractivity contribution in [3.05, 3.63) is 58.1 Å². The first kappa shape index (κ1) is 19.3. The summed E-state index contributed by atoms with van der Waals surface area (Å²) in [6, 6.07) is 11.3. The van der Waals surface area contributed by atoms with E-state index in [0.29, 0.717) is 23.5 Å². The molecule has 0 aromatic heterocycles. The SMILES string of the molecule is CCC(=O)Nc1cccc(NC(=O)c2ccc(N3CCCC3)c([N+](=O)[O-])c2)c1. The molecule has 0 saturated carbocycles. The molecule has 0 unspecified atom stereocenters. The first-order chi connectivity index (χ1) is 13.5. The molecule has 3 rings (SSSR count). The molecule has 8 nitrogen and oxygen atoms in total. The highest BCUT2D eigenvalue weighted by Gasteiger charge is 2.23. The summed E-state index contributed by atoms with van der Waals surface area (Å²) in [5.41, 5.74) is 1.74. The van der Waals surface area contributed by atoms with Gasteiger partial charge in [-0.1, -0.05) is 13.0 Å². The van der Waals surface area contributed by atoms with Gasteiger partial charge < -0.3 is 15.5 Å². The maximum absolute atomic E-state index is 12.6. The summed E-state index contributed by atoms with van der Waals surface area (Å²) in [6.07, 6.45) is 2.36. The van der Waals surface area contributed by atoms with E-state index in [-0.39, 0.29) is 17.2 Å². The smallest absolute Gasteiger partial charge is 0.293 e. The quantitative estimate of drug-likeness (QED) is 0.584. The molecular weight excluding hydrogens is 360 g/mol. The van der Waals surface area contributed by atoms with E-state index in [0.717, 1.165) is 25.9 Å². The van der Waals surface area contributed by atoms with Gasteiger partial charge in [-0.15, -0.1) is 0 Å². The molecule has 2 N–H and O–H groups in total. The molecule has 1 heterocycles. The van der Waals surface area contributed by atoms with Gasteiger partial charge in [0.15, 0.2) is 0 Å². The number of benzene rings is 2. The van der Waals surface area contributed by atoms with E-state index < -0.39 is 10.8 Å². The number of nitrogens with one attached hydrogen (secondary N) is 2. The molecule has 2 aromatic rings. The summed E-state index contributed by atoms with van der Waals surface area (Å²) in [5, 5.41) is 16.9. The number of hydrogen-bond donors (Lipinski definition) is 2. The van der Waals surface area contributed by atoms with Crippen LogP contribution in [0.5, 0.6) is 0 Å². The van der Waals surface area contributed by atoms with Gasteiger partial charge >= 0.3 is 0 Å². The molecule has 0 bridgehead atoms. The van der Waals surface area contributed by atoms with E-state index in [2.05, 4.69) is 10.6 Å². The Morgan fingerprint density at radius 3 is 2.39 bits per heavy atom. The molecule has 1 saturated heterocycles. The van der Waals surface area contributed by atoms with Crippen molar-refractivity contribution < 1.29 is 14.5 Å². The highest BCUT2D eigenvalue weighted by molar-refractivity contribution is 6.05. The standard InChI is InChI=1S/C20H22N4O4/c1-2-19(25)21-15-6-5-7-16(13-15)22-20(26)14-8-9-17(18(12-14)24(27)28)23-10-3-4-11-23/h5-9,12-13H,2-4,10-11H2,1H3,(H,21,25)(H,22,26). The lowest BCUT2D eigenvalue weighted by molar-refractivity contribution is -0.384. The van der Waals surface area contributed by atoms with Crippen LogP contribution in [-0.4, -0.2) is 29.8 Å². The molecule has 8 heteroatoms. The van der Waals surface area contributed by atoms with Gasteiger partial charge in [-0.3, -0.25) is 19.7 Å². The lowest BCUT2D eigenvalue weighted by Gasteiger charge is -2.17. The fourth-order valence-electron chi connectivity index (χ4n) is 3.16. The molecule has 1 aliphatic heterocycles. The zero-order chi connectivity index (χ0) is 20.1. The minimum Gasteiger partial charge on any atom is -0.366 e. The Bertz CT molecular complexity index is 907. The van der Waals surface area contributed by atoms with Crippen molar-refractivity contribution in [1.29, 1.82) is 0 Å². The molecule has 0 spiro atoms. The van der Waals surface area contributed by atoms with Crippen molar-refractivity contribution in [1.82, 2.24) is 0 Å². The van der Waals surface area contributed by atoms with E-state index in [1.165, 1.54) is 6.07 Å². The number of amides is 2. The first-order valence-corrected chi connectivity index (χ1v) is 9.22. The average Bonchev–Trinajstić information content (AvgIpc) is 3.22. The number of hydrogen-bond acceptors (Lipinski definition) is 5. The third-order valence-electron chi connectivity index (χ3n) is 4.61. The summed E-state index contributed by atoms with van der Waals surface area (Å²) >= 11 is 0. The van der Waals surface area contributed by atoms with Crippen LogP contribution in [0.3, 0.4) is 0 Å². The Balaban J connectivity index is 1.79. The number of nitrogens with zero attached hydrogens (tertiary/aromatic N) is 2. The molecule has 2 aromatic carbocycles. The average molecular weight is 382 g/mol. The Labute approximate surface area is 162 Å². The molecule has 0 aliphatic carbocycles. The lowest BCUT2D eigenvalue weighted by atomic mass is 10.1. The summed E-state index contributed by atoms with van der Waals surface area (Å²) in [5.74, 6) is -0.577. The number of carbonyl (C=O) groups excluding carboxylic acids is 2. The molecule has 146 valence electrons. The van der Waals surface area contributed by atoms with E-state index in [1.807, 2.05) is 4.90 Å². The van der Waals surface area contributed by atoms with Crippen molar-refractivity contribution >= 4 is 34.6 Å². The van der Waals surface area contributed by atoms with Crippen LogP contribution in [0.1, 0.15) is 36.5 Å². The second-order valence-electron chi connectivity index (χ2n) is 6.59. The van der Waals surface area contributed by atoms with Gasteiger partial charge in [0, 0.05) is 42.5 Å². The lowest BCUT2D eigenvalue weighted by Crippen LogP contribution is -2.20. The summed E-state index contributed by atoms with van der Waals surface area (Å²) < 4.78 is 0. The van der Waals surface area contributed by atoms with Gasteiger partial charge in [0.05, 0.1) is 4.92 Å². The molecular formula is C20H22N4O4. The van der Waals surface area contributed by atoms with Crippen LogP contribution in [0.15, 0.2) is 42.5 Å². The normalized spacial score (nSPS) is 13.2. The Morgan fingerprint density at radius 1 is 1.07 bits per heavy atom. The Hall–Kier alpha value is -3.42. The third kappa shape index (κ3) is 4.46. The summed E-state index contributed by atoms with van der Waals surface area (Å²) in [7, 11) is 0. The van der Waals surface area contributed by atoms with Gasteiger partial charge in [-0.2, -0.15) is 0 Å². The van der Waals surface area contributed by atoms with Crippen molar-refractivity contribution in [2.45, 2.75) is 26.2 Å². The molecule has 2 amide bonds. The topological polar surface area (TPSA) is 105 Å². The van der Waals surface area contributed by atoms with Gasteiger partial charge in [0.25, 0.3) is 11.6 Å². The van der Waals surface area contributed by atoms with E-state index in [9.17, 15) is 19.7 Å². The highest BCUT2D eigenvalue weighted by atomic mass is 16.6. The van der Waals surface area contributed by atoms with Crippen molar-refractivity contribution in [2.24, 2.45) is 0 Å². The van der Waals surface area contributed by atoms with Crippen molar-refractivity contribution in [3.63, 3.8) is 0 Å². The van der Waals surface area contributed by atoms with E-state index in [4.69, 9.17) is 0 Å². The minimum atomic E-state index is -0.453. The van der Waals surface area contributed by atoms with Gasteiger partial charge in [-0.05, 0) is 43.2 Å². The maximum atomic E-state index is 12.6. The third-order valence-corrected chi connectivity index (χ3v) is 4.61. The number of anilines is 3. The Kier molecular flexibility index (Phi) is 5.88. The van der Waals surface area contributed by atoms with Crippen LogP contribution < -0.4 is 15.5 Å². The monoisotopic (exact) mass is 382 g/mol. The van der Waals surface area contributed by atoms with E-state index >= 15 is 0 Å². The minimum absolute atomic E-state index is 0.0708. The highest BCUT2D eigenvalue weighted by Crippen LogP contribution is 2.32. The number of carbonyl (C=O) groups is 2. The zero-order valence-corrected chi connectivity index (χ0v) is 15.6.